The largest absolute Gasteiger partial charge is 0.306 e. The van der Waals surface area contributed by atoms with Crippen LogP contribution in [-0.2, 0) is 6.42 Å². The van der Waals surface area contributed by atoms with E-state index < -0.39 is 0 Å². The van der Waals surface area contributed by atoms with Gasteiger partial charge in [0.15, 0.2) is 5.78 Å². The van der Waals surface area contributed by atoms with E-state index in [1.54, 1.807) is 24.5 Å². The van der Waals surface area contributed by atoms with Gasteiger partial charge in [0.25, 0.3) is 0 Å². The van der Waals surface area contributed by atoms with Crippen LogP contribution in [0.4, 0.5) is 0 Å². The van der Waals surface area contributed by atoms with Crippen LogP contribution in [0.15, 0.2) is 6.20 Å². The van der Waals surface area contributed by atoms with Gasteiger partial charge in [-0.15, -0.1) is 11.3 Å². The van der Waals surface area contributed by atoms with Gasteiger partial charge in [0, 0.05) is 26.1 Å². The lowest BCUT2D eigenvalue weighted by molar-refractivity contribution is 0.102. The number of nitrogens with zero attached hydrogens (tertiary/aromatic N) is 2. The number of hydrogen-bond donors (Lipinski definition) is 0. The number of hydrogen-bond acceptors (Lipinski definition) is 4. The van der Waals surface area contributed by atoms with Crippen LogP contribution in [0.1, 0.15) is 28.0 Å². The highest BCUT2D eigenvalue weighted by Crippen LogP contribution is 2.22. The Morgan fingerprint density at radius 3 is 3.07 bits per heavy atom. The molecule has 1 aromatic rings. The van der Waals surface area contributed by atoms with E-state index in [0.29, 0.717) is 0 Å². The normalized spacial score (nSPS) is 22.1. The summed E-state index contributed by atoms with van der Waals surface area (Å²) < 4.78 is 0. The maximum atomic E-state index is 11.1. The lowest BCUT2D eigenvalue weighted by Gasteiger charge is -2.07. The third kappa shape index (κ3) is 2.63. The lowest BCUT2D eigenvalue weighted by Crippen LogP contribution is -2.14. The number of ketones is 1. The van der Waals surface area contributed by atoms with Gasteiger partial charge in [-0.05, 0) is 25.9 Å². The van der Waals surface area contributed by atoms with Crippen LogP contribution in [0, 0.1) is 5.92 Å². The standard InChI is InChI=1S/C11H16N2OS/c1-8(14)10-6-12-11(15-10)5-9-3-4-13(2)7-9/h6,9H,3-5,7H2,1-2H3. The second-order valence-electron chi connectivity index (χ2n) is 4.30. The van der Waals surface area contributed by atoms with E-state index >= 15 is 0 Å². The predicted octanol–water partition coefficient (Wildman–Crippen LogP) is 1.84. The highest BCUT2D eigenvalue weighted by molar-refractivity contribution is 7.13. The summed E-state index contributed by atoms with van der Waals surface area (Å²) in [7, 11) is 2.16. The molecule has 0 spiro atoms. The first kappa shape index (κ1) is 10.8. The number of aromatic nitrogens is 1. The molecule has 0 radical (unpaired) electrons. The number of carbonyl (C=O) groups excluding carboxylic acids is 1. The third-order valence-electron chi connectivity index (χ3n) is 2.85. The molecular weight excluding hydrogens is 208 g/mol. The molecule has 3 nitrogen and oxygen atoms in total. The summed E-state index contributed by atoms with van der Waals surface area (Å²) in [5.74, 6) is 0.850. The first-order valence-corrected chi connectivity index (χ1v) is 6.11. The van der Waals surface area contributed by atoms with Crippen molar-refractivity contribution in [1.29, 1.82) is 0 Å². The van der Waals surface area contributed by atoms with E-state index in [0.717, 1.165) is 28.8 Å². The van der Waals surface area contributed by atoms with Crippen LogP contribution in [0.3, 0.4) is 0 Å². The minimum absolute atomic E-state index is 0.127. The lowest BCUT2D eigenvalue weighted by atomic mass is 10.1. The Bertz CT molecular complexity index is 361. The van der Waals surface area contributed by atoms with Crippen molar-refractivity contribution in [2.75, 3.05) is 20.1 Å². The predicted molar refractivity (Wildman–Crippen MR) is 61.4 cm³/mol. The van der Waals surface area contributed by atoms with E-state index in [9.17, 15) is 4.79 Å². The molecule has 0 amide bonds. The summed E-state index contributed by atoms with van der Waals surface area (Å²) in [6.07, 6.45) is 3.99. The zero-order valence-electron chi connectivity index (χ0n) is 9.19. The van der Waals surface area contributed by atoms with Crippen molar-refractivity contribution in [3.63, 3.8) is 0 Å². The molecule has 0 N–H and O–H groups in total. The van der Waals surface area contributed by atoms with Gasteiger partial charge in [-0.3, -0.25) is 4.79 Å². The zero-order chi connectivity index (χ0) is 10.8. The molecule has 82 valence electrons. The fourth-order valence-corrected chi connectivity index (χ4v) is 2.93. The Hall–Kier alpha value is -0.740. The molecule has 1 aliphatic rings. The minimum atomic E-state index is 0.127. The van der Waals surface area contributed by atoms with E-state index in [1.807, 2.05) is 0 Å². The van der Waals surface area contributed by atoms with Crippen molar-refractivity contribution in [3.8, 4) is 0 Å². The van der Waals surface area contributed by atoms with E-state index in [1.165, 1.54) is 13.0 Å². The van der Waals surface area contributed by atoms with Gasteiger partial charge in [-0.25, -0.2) is 4.98 Å². The van der Waals surface area contributed by atoms with Crippen molar-refractivity contribution in [1.82, 2.24) is 9.88 Å². The molecule has 1 unspecified atom stereocenters. The number of carbonyl (C=O) groups is 1. The molecule has 0 aromatic carbocycles. The average molecular weight is 224 g/mol. The van der Waals surface area contributed by atoms with Crippen molar-refractivity contribution in [2.45, 2.75) is 19.8 Å². The van der Waals surface area contributed by atoms with Crippen LogP contribution in [0.5, 0.6) is 0 Å². The molecule has 4 heteroatoms. The molecule has 0 aliphatic carbocycles. The molecule has 1 atom stereocenters. The molecule has 2 rings (SSSR count). The summed E-state index contributed by atoms with van der Waals surface area (Å²) in [5, 5.41) is 1.11. The summed E-state index contributed by atoms with van der Waals surface area (Å²) in [6, 6.07) is 0. The Kier molecular flexibility index (Phi) is 3.17. The third-order valence-corrected chi connectivity index (χ3v) is 3.97. The molecular formula is C11H16N2OS. The monoisotopic (exact) mass is 224 g/mol. The Morgan fingerprint density at radius 1 is 1.73 bits per heavy atom. The van der Waals surface area contributed by atoms with Crippen LogP contribution < -0.4 is 0 Å². The first-order valence-electron chi connectivity index (χ1n) is 5.29. The van der Waals surface area contributed by atoms with Gasteiger partial charge in [-0.2, -0.15) is 0 Å². The van der Waals surface area contributed by atoms with Crippen molar-refractivity contribution >= 4 is 17.1 Å². The molecule has 1 fully saturated rings. The van der Waals surface area contributed by atoms with E-state index in [4.69, 9.17) is 0 Å². The van der Waals surface area contributed by atoms with E-state index in [2.05, 4.69) is 16.9 Å². The van der Waals surface area contributed by atoms with Crippen LogP contribution in [0.25, 0.3) is 0 Å². The Labute approximate surface area is 94.1 Å². The van der Waals surface area contributed by atoms with Gasteiger partial charge < -0.3 is 4.90 Å². The smallest absolute Gasteiger partial charge is 0.171 e. The second kappa shape index (κ2) is 4.41. The van der Waals surface area contributed by atoms with Crippen LogP contribution >= 0.6 is 11.3 Å². The number of Topliss-reactive ketones (excluding diaryl/α,β-unsaturated/α-hetero) is 1. The SMILES string of the molecule is CC(=O)c1cnc(CC2CCN(C)C2)s1. The summed E-state index contributed by atoms with van der Waals surface area (Å²) in [6.45, 7) is 3.95. The molecule has 1 saturated heterocycles. The zero-order valence-corrected chi connectivity index (χ0v) is 10.0. The molecule has 15 heavy (non-hydrogen) atoms. The van der Waals surface area contributed by atoms with Gasteiger partial charge >= 0.3 is 0 Å². The first-order chi connectivity index (χ1) is 7.15. The minimum Gasteiger partial charge on any atom is -0.306 e. The molecule has 1 aliphatic heterocycles. The van der Waals surface area contributed by atoms with Gasteiger partial charge in [0.05, 0.1) is 9.88 Å². The maximum absolute atomic E-state index is 11.1. The molecule has 1 aromatic heterocycles. The van der Waals surface area contributed by atoms with E-state index in [-0.39, 0.29) is 5.78 Å². The van der Waals surface area contributed by atoms with Crippen molar-refractivity contribution in [3.05, 3.63) is 16.1 Å². The fraction of sp³-hybridized carbons (Fsp3) is 0.636. The van der Waals surface area contributed by atoms with Gasteiger partial charge in [-0.1, -0.05) is 0 Å². The quantitative estimate of drug-likeness (QED) is 0.735. The average Bonchev–Trinajstić information content (AvgIpc) is 2.76. The highest BCUT2D eigenvalue weighted by atomic mass is 32.1. The highest BCUT2D eigenvalue weighted by Gasteiger charge is 2.21. The summed E-state index contributed by atoms with van der Waals surface area (Å²) in [4.78, 5) is 18.6. The van der Waals surface area contributed by atoms with Gasteiger partial charge in [0.1, 0.15) is 0 Å². The fourth-order valence-electron chi connectivity index (χ4n) is 2.01. The second-order valence-corrected chi connectivity index (χ2v) is 5.41. The maximum Gasteiger partial charge on any atom is 0.171 e. The van der Waals surface area contributed by atoms with Crippen LogP contribution in [-0.4, -0.2) is 35.8 Å². The van der Waals surface area contributed by atoms with Crippen molar-refractivity contribution in [2.24, 2.45) is 5.92 Å². The Morgan fingerprint density at radius 2 is 2.53 bits per heavy atom. The summed E-state index contributed by atoms with van der Waals surface area (Å²) in [5.41, 5.74) is 0. The van der Waals surface area contributed by atoms with Crippen LogP contribution in [0.2, 0.25) is 0 Å². The number of thiazole rings is 1. The molecule has 0 saturated carbocycles. The Balaban J connectivity index is 1.96. The van der Waals surface area contributed by atoms with Gasteiger partial charge in [0.2, 0.25) is 0 Å². The number of likely N-dealkylation sites (tertiary alicyclic amines) is 1. The topological polar surface area (TPSA) is 33.2 Å². The summed E-state index contributed by atoms with van der Waals surface area (Å²) >= 11 is 1.55. The molecule has 0 bridgehead atoms. The van der Waals surface area contributed by atoms with Crippen molar-refractivity contribution < 1.29 is 4.79 Å². The molecule has 2 heterocycles. The number of rotatable bonds is 3.